The number of fused-ring (bicyclic) bond motifs is 1. The number of amides is 1. The van der Waals surface area contributed by atoms with Gasteiger partial charge >= 0.3 is 0 Å². The first-order valence-electron chi connectivity index (χ1n) is 7.75. The van der Waals surface area contributed by atoms with Gasteiger partial charge in [0.15, 0.2) is 0 Å². The smallest absolute Gasteiger partial charge is 0.275 e. The van der Waals surface area contributed by atoms with Crippen LogP contribution in [0.3, 0.4) is 0 Å². The molecule has 0 aliphatic rings. The van der Waals surface area contributed by atoms with Gasteiger partial charge in [0, 0.05) is 30.5 Å². The zero-order valence-electron chi connectivity index (χ0n) is 13.7. The summed E-state index contributed by atoms with van der Waals surface area (Å²) in [4.78, 5) is 24.7. The quantitative estimate of drug-likeness (QED) is 0.783. The summed E-state index contributed by atoms with van der Waals surface area (Å²) < 4.78 is 8.53. The lowest BCUT2D eigenvalue weighted by Crippen LogP contribution is -2.27. The largest absolute Gasteiger partial charge is 0.494 e. The van der Waals surface area contributed by atoms with Gasteiger partial charge in [-0.2, -0.15) is 0 Å². The van der Waals surface area contributed by atoms with Crippen LogP contribution in [0.4, 0.5) is 5.69 Å². The van der Waals surface area contributed by atoms with E-state index < -0.39 is 0 Å². The van der Waals surface area contributed by atoms with Crippen molar-refractivity contribution in [2.75, 3.05) is 11.9 Å². The summed E-state index contributed by atoms with van der Waals surface area (Å²) in [5.41, 5.74) is 1.07. The summed E-state index contributed by atoms with van der Waals surface area (Å²) in [6.45, 7) is 2.47. The van der Waals surface area contributed by atoms with Crippen LogP contribution in [-0.2, 0) is 18.4 Å². The summed E-state index contributed by atoms with van der Waals surface area (Å²) >= 11 is 0. The molecule has 0 aliphatic heterocycles. The summed E-state index contributed by atoms with van der Waals surface area (Å²) in [5, 5.41) is 3.65. The number of nitrogens with zero attached hydrogens (tertiary/aromatic N) is 2. The summed E-state index contributed by atoms with van der Waals surface area (Å²) in [5.74, 6) is 0.496. The number of carbonyl (C=O) groups is 1. The summed E-state index contributed by atoms with van der Waals surface area (Å²) in [6.07, 6.45) is 3.47. The van der Waals surface area contributed by atoms with Gasteiger partial charge in [-0.15, -0.1) is 0 Å². The molecule has 124 valence electrons. The first kappa shape index (κ1) is 15.9. The minimum atomic E-state index is -0.255. The standard InChI is InChI=1S/C18H19N3O3/c1-3-24-15-6-4-14(5-7-15)19-16(22)12-21-11-9-13-8-10-20(2)17(13)18(21)23/h4-11H,3,12H2,1-2H3,(H,19,22). The highest BCUT2D eigenvalue weighted by molar-refractivity contribution is 5.90. The number of nitrogens with one attached hydrogen (secondary N) is 1. The molecule has 24 heavy (non-hydrogen) atoms. The first-order valence-corrected chi connectivity index (χ1v) is 7.75. The maximum atomic E-state index is 12.5. The van der Waals surface area contributed by atoms with Gasteiger partial charge in [-0.25, -0.2) is 0 Å². The van der Waals surface area contributed by atoms with E-state index in [1.165, 1.54) is 4.57 Å². The Kier molecular flexibility index (Phi) is 4.37. The molecule has 0 unspecified atom stereocenters. The fraction of sp³-hybridized carbons (Fsp3) is 0.222. The van der Waals surface area contributed by atoms with Crippen molar-refractivity contribution in [2.24, 2.45) is 7.05 Å². The van der Waals surface area contributed by atoms with E-state index in [1.54, 1.807) is 35.0 Å². The predicted octanol–water partition coefficient (Wildman–Crippen LogP) is 2.38. The molecule has 2 heterocycles. The molecule has 6 heteroatoms. The van der Waals surface area contributed by atoms with Gasteiger partial charge in [-0.05, 0) is 43.3 Å². The molecule has 1 amide bonds. The fourth-order valence-corrected chi connectivity index (χ4v) is 2.61. The average molecular weight is 325 g/mol. The number of benzene rings is 1. The van der Waals surface area contributed by atoms with Gasteiger partial charge in [0.2, 0.25) is 5.91 Å². The molecule has 0 saturated heterocycles. The van der Waals surface area contributed by atoms with Crippen molar-refractivity contribution in [1.29, 1.82) is 0 Å². The number of pyridine rings is 1. The highest BCUT2D eigenvalue weighted by Crippen LogP contribution is 2.15. The number of aryl methyl sites for hydroxylation is 1. The third-order valence-electron chi connectivity index (χ3n) is 3.76. The van der Waals surface area contributed by atoms with Crippen molar-refractivity contribution in [1.82, 2.24) is 9.13 Å². The van der Waals surface area contributed by atoms with E-state index in [0.29, 0.717) is 17.8 Å². The van der Waals surface area contributed by atoms with Crippen LogP contribution in [0.25, 0.3) is 10.9 Å². The van der Waals surface area contributed by atoms with Crippen molar-refractivity contribution in [3.63, 3.8) is 0 Å². The molecule has 3 aromatic rings. The highest BCUT2D eigenvalue weighted by atomic mass is 16.5. The fourth-order valence-electron chi connectivity index (χ4n) is 2.61. The second-order valence-electron chi connectivity index (χ2n) is 5.48. The molecule has 1 aromatic carbocycles. The van der Waals surface area contributed by atoms with Gasteiger partial charge in [0.05, 0.1) is 6.61 Å². The molecule has 0 fully saturated rings. The van der Waals surface area contributed by atoms with E-state index in [1.807, 2.05) is 32.3 Å². The van der Waals surface area contributed by atoms with Crippen LogP contribution < -0.4 is 15.6 Å². The van der Waals surface area contributed by atoms with Crippen molar-refractivity contribution >= 4 is 22.5 Å². The van der Waals surface area contributed by atoms with Crippen LogP contribution in [0.2, 0.25) is 0 Å². The minimum absolute atomic E-state index is 0.0346. The lowest BCUT2D eigenvalue weighted by Gasteiger charge is -2.09. The lowest BCUT2D eigenvalue weighted by atomic mass is 10.3. The van der Waals surface area contributed by atoms with Gasteiger partial charge in [0.1, 0.15) is 17.8 Å². The zero-order chi connectivity index (χ0) is 17.1. The molecule has 0 bridgehead atoms. The molecular weight excluding hydrogens is 306 g/mol. The molecule has 0 saturated carbocycles. The maximum absolute atomic E-state index is 12.5. The number of ether oxygens (including phenoxy) is 1. The Bertz CT molecular complexity index is 923. The molecule has 1 N–H and O–H groups in total. The van der Waals surface area contributed by atoms with Crippen molar-refractivity contribution in [3.8, 4) is 5.75 Å². The topological polar surface area (TPSA) is 65.3 Å². The molecule has 0 radical (unpaired) electrons. The number of anilines is 1. The van der Waals surface area contributed by atoms with E-state index in [-0.39, 0.29) is 18.0 Å². The Morgan fingerprint density at radius 2 is 1.83 bits per heavy atom. The van der Waals surface area contributed by atoms with Crippen LogP contribution in [0.5, 0.6) is 5.75 Å². The van der Waals surface area contributed by atoms with Crippen LogP contribution >= 0.6 is 0 Å². The Balaban J connectivity index is 1.74. The highest BCUT2D eigenvalue weighted by Gasteiger charge is 2.09. The van der Waals surface area contributed by atoms with Crippen molar-refractivity contribution in [2.45, 2.75) is 13.5 Å². The number of hydrogen-bond donors (Lipinski definition) is 1. The van der Waals surface area contributed by atoms with E-state index in [9.17, 15) is 9.59 Å². The Morgan fingerprint density at radius 1 is 1.12 bits per heavy atom. The van der Waals surface area contributed by atoms with Crippen molar-refractivity contribution < 1.29 is 9.53 Å². The second-order valence-corrected chi connectivity index (χ2v) is 5.48. The van der Waals surface area contributed by atoms with E-state index >= 15 is 0 Å². The summed E-state index contributed by atoms with van der Waals surface area (Å²) in [7, 11) is 1.81. The van der Waals surface area contributed by atoms with Gasteiger partial charge in [0.25, 0.3) is 5.56 Å². The van der Waals surface area contributed by atoms with Crippen molar-refractivity contribution in [3.05, 3.63) is 59.1 Å². The molecule has 0 aliphatic carbocycles. The minimum Gasteiger partial charge on any atom is -0.494 e. The number of hydrogen-bond acceptors (Lipinski definition) is 3. The molecule has 6 nitrogen and oxygen atoms in total. The zero-order valence-corrected chi connectivity index (χ0v) is 13.7. The van der Waals surface area contributed by atoms with Gasteiger partial charge < -0.3 is 19.2 Å². The normalized spacial score (nSPS) is 10.8. The molecule has 2 aromatic heterocycles. The first-order chi connectivity index (χ1) is 11.6. The van der Waals surface area contributed by atoms with Crippen LogP contribution in [0.1, 0.15) is 6.92 Å². The lowest BCUT2D eigenvalue weighted by molar-refractivity contribution is -0.116. The van der Waals surface area contributed by atoms with E-state index in [2.05, 4.69) is 5.32 Å². The SMILES string of the molecule is CCOc1ccc(NC(=O)Cn2ccc3ccn(C)c3c2=O)cc1. The maximum Gasteiger partial charge on any atom is 0.275 e. The molecular formula is C18H19N3O3. The van der Waals surface area contributed by atoms with Crippen LogP contribution in [-0.4, -0.2) is 21.6 Å². The average Bonchev–Trinajstić information content (AvgIpc) is 2.94. The van der Waals surface area contributed by atoms with E-state index in [4.69, 9.17) is 4.74 Å². The number of carbonyl (C=O) groups excluding carboxylic acids is 1. The Morgan fingerprint density at radius 3 is 2.54 bits per heavy atom. The summed E-state index contributed by atoms with van der Waals surface area (Å²) in [6, 6.07) is 10.8. The van der Waals surface area contributed by atoms with Gasteiger partial charge in [-0.3, -0.25) is 9.59 Å². The monoisotopic (exact) mass is 325 g/mol. The molecule has 3 rings (SSSR count). The third-order valence-corrected chi connectivity index (χ3v) is 3.76. The number of aromatic nitrogens is 2. The molecule has 0 spiro atoms. The number of rotatable bonds is 5. The molecule has 0 atom stereocenters. The Labute approximate surface area is 139 Å². The Hall–Kier alpha value is -3.02. The third kappa shape index (κ3) is 3.17. The second kappa shape index (κ2) is 6.62. The van der Waals surface area contributed by atoms with E-state index in [0.717, 1.165) is 11.1 Å². The van der Waals surface area contributed by atoms with Crippen LogP contribution in [0.15, 0.2) is 53.6 Å². The predicted molar refractivity (Wildman–Crippen MR) is 93.4 cm³/mol. The van der Waals surface area contributed by atoms with Gasteiger partial charge in [-0.1, -0.05) is 0 Å². The van der Waals surface area contributed by atoms with Crippen LogP contribution in [0, 0.1) is 0 Å².